The number of amides is 1. The number of methoxy groups -OCH3 is 2. The molecular formula is C23H22IN3O7. The van der Waals surface area contributed by atoms with Gasteiger partial charge < -0.3 is 24.7 Å². The molecule has 0 spiro atoms. The maximum absolute atomic E-state index is 12.8. The number of carbonyl (C=O) groups excluding carboxylic acids is 3. The molecule has 0 radical (unpaired) electrons. The molecule has 0 atom stereocenters. The van der Waals surface area contributed by atoms with Crippen LogP contribution in [-0.2, 0) is 14.3 Å². The van der Waals surface area contributed by atoms with Crippen molar-refractivity contribution in [3.8, 4) is 28.4 Å². The van der Waals surface area contributed by atoms with Gasteiger partial charge in [-0.3, -0.25) is 4.79 Å². The Morgan fingerprint density at radius 1 is 1.03 bits per heavy atom. The fourth-order valence-corrected chi connectivity index (χ4v) is 3.96. The van der Waals surface area contributed by atoms with E-state index in [1.165, 1.54) is 18.9 Å². The van der Waals surface area contributed by atoms with E-state index in [4.69, 9.17) is 24.7 Å². The highest BCUT2D eigenvalue weighted by Gasteiger charge is 2.32. The second-order valence-corrected chi connectivity index (χ2v) is 7.94. The second-order valence-electron chi connectivity index (χ2n) is 6.78. The van der Waals surface area contributed by atoms with Crippen LogP contribution in [0.2, 0.25) is 0 Å². The lowest BCUT2D eigenvalue weighted by molar-refractivity contribution is -0.120. The number of nitrogens with two attached hydrogens (primary N) is 1. The smallest absolute Gasteiger partial charge is 0.357 e. The number of aromatic nitrogens is 2. The van der Waals surface area contributed by atoms with Crippen LogP contribution in [0.15, 0.2) is 42.5 Å². The average molecular weight is 579 g/mol. The van der Waals surface area contributed by atoms with Gasteiger partial charge in [-0.2, -0.15) is 5.10 Å². The summed E-state index contributed by atoms with van der Waals surface area (Å²) in [5.74, 6) is -1.53. The zero-order valence-corrected chi connectivity index (χ0v) is 20.8. The first-order valence-electron chi connectivity index (χ1n) is 10.0. The summed E-state index contributed by atoms with van der Waals surface area (Å²) in [5, 5.41) is 4.58. The summed E-state index contributed by atoms with van der Waals surface area (Å²) in [6.07, 6.45) is 0. The third-order valence-electron chi connectivity index (χ3n) is 4.60. The lowest BCUT2D eigenvalue weighted by Gasteiger charge is -2.14. The van der Waals surface area contributed by atoms with Crippen molar-refractivity contribution in [2.45, 2.75) is 6.92 Å². The normalized spacial score (nSPS) is 10.5. The predicted molar refractivity (Wildman–Crippen MR) is 130 cm³/mol. The molecule has 0 saturated carbocycles. The SMILES string of the molecule is CCOc1cc(-c2nn(-c3ccccc3)c(C(=O)OC)c2C(=O)OC)cc(I)c1OCC(N)=O. The molecule has 0 unspecified atom stereocenters. The zero-order chi connectivity index (χ0) is 24.8. The van der Waals surface area contributed by atoms with Crippen molar-refractivity contribution in [3.63, 3.8) is 0 Å². The minimum absolute atomic E-state index is 0.0674. The van der Waals surface area contributed by atoms with Gasteiger partial charge in [0, 0.05) is 5.56 Å². The van der Waals surface area contributed by atoms with Crippen LogP contribution in [-0.4, -0.2) is 55.1 Å². The maximum atomic E-state index is 12.8. The highest BCUT2D eigenvalue weighted by atomic mass is 127. The Morgan fingerprint density at radius 2 is 1.71 bits per heavy atom. The van der Waals surface area contributed by atoms with Crippen molar-refractivity contribution in [1.29, 1.82) is 0 Å². The largest absolute Gasteiger partial charge is 0.490 e. The van der Waals surface area contributed by atoms with E-state index in [2.05, 4.69) is 5.10 Å². The molecule has 0 aliphatic carbocycles. The van der Waals surface area contributed by atoms with Gasteiger partial charge in [-0.15, -0.1) is 0 Å². The summed E-state index contributed by atoms with van der Waals surface area (Å²) in [7, 11) is 2.43. The minimum atomic E-state index is -0.764. The Kier molecular flexibility index (Phi) is 8.10. The molecule has 1 aromatic heterocycles. The molecule has 0 saturated heterocycles. The van der Waals surface area contributed by atoms with Crippen LogP contribution >= 0.6 is 22.6 Å². The van der Waals surface area contributed by atoms with Crippen LogP contribution in [0.5, 0.6) is 11.5 Å². The van der Waals surface area contributed by atoms with Crippen LogP contribution in [0.25, 0.3) is 16.9 Å². The maximum Gasteiger partial charge on any atom is 0.357 e. The van der Waals surface area contributed by atoms with Crippen LogP contribution in [0.1, 0.15) is 27.8 Å². The average Bonchev–Trinajstić information content (AvgIpc) is 3.23. The van der Waals surface area contributed by atoms with Crippen molar-refractivity contribution in [2.75, 3.05) is 27.4 Å². The van der Waals surface area contributed by atoms with E-state index in [0.29, 0.717) is 32.9 Å². The molecule has 3 rings (SSSR count). The van der Waals surface area contributed by atoms with E-state index in [0.717, 1.165) is 0 Å². The highest BCUT2D eigenvalue weighted by molar-refractivity contribution is 14.1. The van der Waals surface area contributed by atoms with E-state index in [1.54, 1.807) is 43.3 Å². The molecule has 1 heterocycles. The van der Waals surface area contributed by atoms with E-state index >= 15 is 0 Å². The number of esters is 2. The van der Waals surface area contributed by atoms with Crippen molar-refractivity contribution >= 4 is 40.4 Å². The first kappa shape index (κ1) is 25.0. The van der Waals surface area contributed by atoms with E-state index in [9.17, 15) is 14.4 Å². The number of nitrogens with zero attached hydrogens (tertiary/aromatic N) is 2. The van der Waals surface area contributed by atoms with Crippen molar-refractivity contribution < 1.29 is 33.3 Å². The third kappa shape index (κ3) is 5.14. The van der Waals surface area contributed by atoms with Gasteiger partial charge in [-0.05, 0) is 53.8 Å². The molecular weight excluding hydrogens is 557 g/mol. The Balaban J connectivity index is 2.30. The van der Waals surface area contributed by atoms with Crippen LogP contribution in [0.3, 0.4) is 0 Å². The third-order valence-corrected chi connectivity index (χ3v) is 5.40. The van der Waals surface area contributed by atoms with Gasteiger partial charge in [0.15, 0.2) is 23.8 Å². The Bertz CT molecular complexity index is 1230. The number of benzene rings is 2. The quantitative estimate of drug-likeness (QED) is 0.303. The summed E-state index contributed by atoms with van der Waals surface area (Å²) >= 11 is 2.01. The van der Waals surface area contributed by atoms with E-state index in [-0.39, 0.29) is 23.6 Å². The first-order chi connectivity index (χ1) is 16.3. The van der Waals surface area contributed by atoms with Gasteiger partial charge in [0.2, 0.25) is 0 Å². The van der Waals surface area contributed by atoms with E-state index in [1.807, 2.05) is 28.7 Å². The van der Waals surface area contributed by atoms with Crippen LogP contribution in [0.4, 0.5) is 0 Å². The number of halogens is 1. The molecule has 11 heteroatoms. The van der Waals surface area contributed by atoms with Gasteiger partial charge in [-0.25, -0.2) is 14.3 Å². The summed E-state index contributed by atoms with van der Waals surface area (Å²) in [4.78, 5) is 36.8. The lowest BCUT2D eigenvalue weighted by atomic mass is 10.0. The molecule has 0 fully saturated rings. The Hall–Kier alpha value is -3.61. The number of hydrogen-bond donors (Lipinski definition) is 1. The fourth-order valence-electron chi connectivity index (χ4n) is 3.21. The van der Waals surface area contributed by atoms with Crippen LogP contribution in [0, 0.1) is 3.57 Å². The molecule has 0 aliphatic rings. The summed E-state index contributed by atoms with van der Waals surface area (Å²) < 4.78 is 23.1. The number of rotatable bonds is 9. The molecule has 10 nitrogen and oxygen atoms in total. The molecule has 2 N–H and O–H groups in total. The van der Waals surface area contributed by atoms with Crippen molar-refractivity contribution in [1.82, 2.24) is 9.78 Å². The molecule has 0 aliphatic heterocycles. The van der Waals surface area contributed by atoms with Gasteiger partial charge in [0.05, 0.1) is 30.1 Å². The molecule has 34 heavy (non-hydrogen) atoms. The molecule has 178 valence electrons. The second kappa shape index (κ2) is 11.0. The highest BCUT2D eigenvalue weighted by Crippen LogP contribution is 2.39. The minimum Gasteiger partial charge on any atom is -0.490 e. The van der Waals surface area contributed by atoms with Gasteiger partial charge in [0.25, 0.3) is 5.91 Å². The monoisotopic (exact) mass is 579 g/mol. The Morgan fingerprint density at radius 3 is 2.29 bits per heavy atom. The number of para-hydroxylation sites is 1. The fraction of sp³-hybridized carbons (Fsp3) is 0.217. The standard InChI is InChI=1S/C23H22IN3O7/c1-4-33-16-11-13(10-15(24)21(16)34-12-17(25)28)19-18(22(29)31-2)20(23(30)32-3)27(26-19)14-8-6-5-7-9-14/h5-11H,4,12H2,1-3H3,(H2,25,28). The molecule has 1 amide bonds. The van der Waals surface area contributed by atoms with E-state index < -0.39 is 17.8 Å². The molecule has 3 aromatic rings. The molecule has 2 aromatic carbocycles. The van der Waals surface area contributed by atoms with Gasteiger partial charge in [-0.1, -0.05) is 18.2 Å². The summed E-state index contributed by atoms with van der Waals surface area (Å²) in [6, 6.07) is 12.1. The number of carbonyl (C=O) groups is 3. The lowest BCUT2D eigenvalue weighted by Crippen LogP contribution is -2.20. The van der Waals surface area contributed by atoms with Crippen molar-refractivity contribution in [3.05, 3.63) is 57.3 Å². The predicted octanol–water partition coefficient (Wildman–Crippen LogP) is 2.98. The number of primary amides is 1. The van der Waals surface area contributed by atoms with Gasteiger partial charge >= 0.3 is 11.9 Å². The summed E-state index contributed by atoms with van der Waals surface area (Å²) in [5.41, 5.74) is 6.23. The number of ether oxygens (including phenoxy) is 4. The van der Waals surface area contributed by atoms with Crippen LogP contribution < -0.4 is 15.2 Å². The topological polar surface area (TPSA) is 132 Å². The first-order valence-corrected chi connectivity index (χ1v) is 11.1. The Labute approximate surface area is 209 Å². The van der Waals surface area contributed by atoms with Crippen molar-refractivity contribution in [2.24, 2.45) is 5.73 Å². The molecule has 0 bridgehead atoms. The summed E-state index contributed by atoms with van der Waals surface area (Å²) in [6.45, 7) is 1.76. The number of hydrogen-bond acceptors (Lipinski definition) is 8. The zero-order valence-electron chi connectivity index (χ0n) is 18.7. The van der Waals surface area contributed by atoms with Gasteiger partial charge in [0.1, 0.15) is 11.3 Å².